The molecule has 0 bridgehead atoms. The molecule has 1 aliphatic carbocycles. The van der Waals surface area contributed by atoms with Crippen LogP contribution in [0.4, 0.5) is 23.7 Å². The van der Waals surface area contributed by atoms with Gasteiger partial charge in [-0.1, -0.05) is 35.9 Å². The fraction of sp³-hybridized carbons (Fsp3) is 0.174. The van der Waals surface area contributed by atoms with Crippen LogP contribution in [-0.4, -0.2) is 29.9 Å². The summed E-state index contributed by atoms with van der Waals surface area (Å²) in [6.45, 7) is 0. The zero-order valence-electron chi connectivity index (χ0n) is 17.8. The van der Waals surface area contributed by atoms with Crippen LogP contribution in [0.25, 0.3) is 0 Å². The van der Waals surface area contributed by atoms with E-state index < -0.39 is 28.7 Å². The number of hydrogen-bond acceptors (Lipinski definition) is 3. The third kappa shape index (κ3) is 6.16. The zero-order valence-corrected chi connectivity index (χ0v) is 18.6. The molecule has 11 heteroatoms. The van der Waals surface area contributed by atoms with E-state index in [2.05, 4.69) is 21.3 Å². The van der Waals surface area contributed by atoms with Gasteiger partial charge in [0.25, 0.3) is 11.8 Å². The maximum atomic E-state index is 13.1. The number of amides is 4. The van der Waals surface area contributed by atoms with Gasteiger partial charge in [0.1, 0.15) is 5.00 Å². The van der Waals surface area contributed by atoms with Crippen molar-refractivity contribution >= 4 is 35.1 Å². The topological polar surface area (TPSA) is 99.3 Å². The minimum absolute atomic E-state index is 0.0840. The Kier molecular flexibility index (Phi) is 7.31. The van der Waals surface area contributed by atoms with E-state index in [0.717, 1.165) is 12.1 Å². The Balaban J connectivity index is 1.61. The van der Waals surface area contributed by atoms with Crippen molar-refractivity contribution in [3.63, 3.8) is 0 Å². The standard InChI is InChI=1S/C23H20ClF3N4O3/c1-28-19(32)14-5-4-6-15(13-14)20(33)31-22(24)11-9-16(10-12-22)29-21(34)30-18-8-3-2-7-17(18)23(25,26)27/h2-11,13H,12H2,1H3,(H,28,32)(H,31,33)(H2,29,30,34). The lowest BCUT2D eigenvalue weighted by Gasteiger charge is -2.27. The van der Waals surface area contributed by atoms with E-state index in [0.29, 0.717) is 5.56 Å². The number of para-hydroxylation sites is 1. The second kappa shape index (κ2) is 10.0. The maximum absolute atomic E-state index is 13.1. The average Bonchev–Trinajstić information content (AvgIpc) is 2.80. The zero-order chi connectivity index (χ0) is 24.9. The van der Waals surface area contributed by atoms with Crippen LogP contribution in [-0.2, 0) is 6.18 Å². The molecule has 0 saturated heterocycles. The van der Waals surface area contributed by atoms with Gasteiger partial charge in [0.05, 0.1) is 11.3 Å². The Bertz CT molecular complexity index is 1180. The van der Waals surface area contributed by atoms with E-state index in [1.165, 1.54) is 49.5 Å². The van der Waals surface area contributed by atoms with Gasteiger partial charge >= 0.3 is 12.2 Å². The van der Waals surface area contributed by atoms with Gasteiger partial charge in [0.2, 0.25) is 0 Å². The summed E-state index contributed by atoms with van der Waals surface area (Å²) in [5.74, 6) is -0.862. The molecule has 1 atom stereocenters. The van der Waals surface area contributed by atoms with Crippen molar-refractivity contribution in [3.05, 3.63) is 89.1 Å². The number of benzene rings is 2. The fourth-order valence-corrected chi connectivity index (χ4v) is 3.36. The van der Waals surface area contributed by atoms with Crippen LogP contribution < -0.4 is 21.3 Å². The molecular weight excluding hydrogens is 473 g/mol. The number of hydrogen-bond donors (Lipinski definition) is 4. The van der Waals surface area contributed by atoms with Gasteiger partial charge in [-0.3, -0.25) is 9.59 Å². The third-order valence-electron chi connectivity index (χ3n) is 4.82. The molecule has 0 fully saturated rings. The first-order valence-corrected chi connectivity index (χ1v) is 10.4. The minimum atomic E-state index is -4.62. The number of carbonyl (C=O) groups excluding carboxylic acids is 3. The van der Waals surface area contributed by atoms with Gasteiger partial charge in [-0.25, -0.2) is 4.79 Å². The van der Waals surface area contributed by atoms with Crippen molar-refractivity contribution in [3.8, 4) is 0 Å². The summed E-state index contributed by atoms with van der Waals surface area (Å²) in [5, 5.41) is 9.73. The molecule has 7 nitrogen and oxygen atoms in total. The van der Waals surface area contributed by atoms with Crippen LogP contribution in [0.15, 0.2) is 72.5 Å². The molecule has 0 aromatic heterocycles. The summed E-state index contributed by atoms with van der Waals surface area (Å²) in [6.07, 6.45) is -0.157. The van der Waals surface area contributed by atoms with Gasteiger partial charge in [0.15, 0.2) is 0 Å². The molecule has 0 heterocycles. The molecule has 178 valence electrons. The fourth-order valence-electron chi connectivity index (χ4n) is 3.13. The summed E-state index contributed by atoms with van der Waals surface area (Å²) < 4.78 is 39.3. The molecular formula is C23H20ClF3N4O3. The van der Waals surface area contributed by atoms with Gasteiger partial charge in [-0.05, 0) is 42.5 Å². The highest BCUT2D eigenvalue weighted by atomic mass is 35.5. The highest BCUT2D eigenvalue weighted by Crippen LogP contribution is 2.34. The predicted octanol–water partition coefficient (Wildman–Crippen LogP) is 4.40. The van der Waals surface area contributed by atoms with Crippen molar-refractivity contribution in [2.45, 2.75) is 17.6 Å². The lowest BCUT2D eigenvalue weighted by molar-refractivity contribution is -0.136. The lowest BCUT2D eigenvalue weighted by atomic mass is 10.0. The van der Waals surface area contributed by atoms with Crippen molar-refractivity contribution < 1.29 is 27.6 Å². The van der Waals surface area contributed by atoms with Crippen LogP contribution in [0.1, 0.15) is 32.7 Å². The summed E-state index contributed by atoms with van der Waals surface area (Å²) in [5.41, 5.74) is -0.533. The number of urea groups is 1. The van der Waals surface area contributed by atoms with Gasteiger partial charge in [-0.2, -0.15) is 13.2 Å². The van der Waals surface area contributed by atoms with E-state index in [1.807, 2.05) is 0 Å². The van der Waals surface area contributed by atoms with E-state index in [-0.39, 0.29) is 29.3 Å². The second-order valence-corrected chi connectivity index (χ2v) is 7.97. The summed E-state index contributed by atoms with van der Waals surface area (Å²) in [4.78, 5) is 35.3. The van der Waals surface area contributed by atoms with E-state index in [1.54, 1.807) is 12.1 Å². The number of rotatable bonds is 5. The van der Waals surface area contributed by atoms with Gasteiger partial charge in [-0.15, -0.1) is 0 Å². The first kappa shape index (κ1) is 24.8. The molecule has 2 aromatic rings. The number of anilines is 1. The van der Waals surface area contributed by atoms with Crippen LogP contribution in [0, 0.1) is 0 Å². The minimum Gasteiger partial charge on any atom is -0.355 e. The predicted molar refractivity (Wildman–Crippen MR) is 121 cm³/mol. The van der Waals surface area contributed by atoms with Crippen molar-refractivity contribution in [1.29, 1.82) is 0 Å². The Morgan fingerprint density at radius 3 is 2.26 bits per heavy atom. The largest absolute Gasteiger partial charge is 0.418 e. The Morgan fingerprint density at radius 2 is 1.65 bits per heavy atom. The van der Waals surface area contributed by atoms with E-state index >= 15 is 0 Å². The maximum Gasteiger partial charge on any atom is 0.418 e. The van der Waals surface area contributed by atoms with Crippen LogP contribution in [0.2, 0.25) is 0 Å². The quantitative estimate of drug-likeness (QED) is 0.368. The van der Waals surface area contributed by atoms with Crippen LogP contribution in [0.5, 0.6) is 0 Å². The highest BCUT2D eigenvalue weighted by molar-refractivity contribution is 6.26. The lowest BCUT2D eigenvalue weighted by Crippen LogP contribution is -2.43. The number of carbonyl (C=O) groups is 3. The monoisotopic (exact) mass is 492 g/mol. The smallest absolute Gasteiger partial charge is 0.355 e. The van der Waals surface area contributed by atoms with Crippen molar-refractivity contribution in [2.75, 3.05) is 12.4 Å². The van der Waals surface area contributed by atoms with Crippen LogP contribution in [0.3, 0.4) is 0 Å². The third-order valence-corrected chi connectivity index (χ3v) is 5.19. The van der Waals surface area contributed by atoms with E-state index in [9.17, 15) is 27.6 Å². The molecule has 0 saturated carbocycles. The molecule has 1 aliphatic rings. The molecule has 4 N–H and O–H groups in total. The first-order valence-electron chi connectivity index (χ1n) is 9.98. The normalized spacial score (nSPS) is 17.4. The van der Waals surface area contributed by atoms with E-state index in [4.69, 9.17) is 11.6 Å². The van der Waals surface area contributed by atoms with Gasteiger partial charge < -0.3 is 21.3 Å². The number of allylic oxidation sites excluding steroid dienone is 1. The highest BCUT2D eigenvalue weighted by Gasteiger charge is 2.34. The summed E-state index contributed by atoms with van der Waals surface area (Å²) >= 11 is 6.46. The average molecular weight is 493 g/mol. The number of alkyl halides is 4. The molecule has 2 aromatic carbocycles. The van der Waals surface area contributed by atoms with Crippen molar-refractivity contribution in [1.82, 2.24) is 16.0 Å². The molecule has 0 spiro atoms. The molecule has 0 aliphatic heterocycles. The van der Waals surface area contributed by atoms with Crippen molar-refractivity contribution in [2.24, 2.45) is 0 Å². The number of halogens is 4. The molecule has 1 unspecified atom stereocenters. The summed E-state index contributed by atoms with van der Waals surface area (Å²) in [6, 6.07) is 9.81. The molecule has 3 rings (SSSR count). The second-order valence-electron chi connectivity index (χ2n) is 7.30. The summed E-state index contributed by atoms with van der Waals surface area (Å²) in [7, 11) is 1.48. The SMILES string of the molecule is CNC(=O)c1cccc(C(=O)NC2(Cl)C=CC(NC(=O)Nc3ccccc3C(F)(F)F)=CC2)c1. The Labute approximate surface area is 198 Å². The molecule has 4 amide bonds. The molecule has 0 radical (unpaired) electrons. The first-order chi connectivity index (χ1) is 16.0. The number of nitrogens with one attached hydrogen (secondary N) is 4. The van der Waals surface area contributed by atoms with Gasteiger partial charge in [0, 0.05) is 30.3 Å². The molecule has 34 heavy (non-hydrogen) atoms. The Hall–Kier alpha value is -3.79. The Morgan fingerprint density at radius 1 is 0.971 bits per heavy atom. The van der Waals surface area contributed by atoms with Crippen LogP contribution >= 0.6 is 11.6 Å².